The zero-order valence-electron chi connectivity index (χ0n) is 10.9. The molecule has 0 aliphatic carbocycles. The average molecular weight is 359 g/mol. The third-order valence-electron chi connectivity index (χ3n) is 2.87. The monoisotopic (exact) mass is 359 g/mol. The summed E-state index contributed by atoms with van der Waals surface area (Å²) in [5.41, 5.74) is -0.569. The van der Waals surface area contributed by atoms with Gasteiger partial charge in [-0.1, -0.05) is 0 Å². The molecule has 1 rings (SSSR count). The summed E-state index contributed by atoms with van der Waals surface area (Å²) in [5, 5.41) is 9.34. The van der Waals surface area contributed by atoms with Crippen molar-refractivity contribution in [1.29, 1.82) is 0 Å². The van der Waals surface area contributed by atoms with Gasteiger partial charge in [0.15, 0.2) is 0 Å². The quantitative estimate of drug-likeness (QED) is 0.327. The molecule has 2 atom stereocenters. The molecule has 1 aliphatic heterocycles. The van der Waals surface area contributed by atoms with Crippen molar-refractivity contribution in [2.75, 3.05) is 40.9 Å². The maximum atomic E-state index is 11.2. The molecule has 0 bridgehead atoms. The Morgan fingerprint density at radius 2 is 2.18 bits per heavy atom. The van der Waals surface area contributed by atoms with Crippen LogP contribution in [0, 0.1) is 0 Å². The second-order valence-corrected chi connectivity index (χ2v) is 5.40. The normalized spacial score (nSPS) is 31.5. The van der Waals surface area contributed by atoms with Gasteiger partial charge >= 0.3 is 5.97 Å². The SMILES string of the molecule is COC(=O)C[C@H]1C[N+](C)(C)C[C@@](C)(CO)O1.[I-]. The van der Waals surface area contributed by atoms with Crippen molar-refractivity contribution in [3.8, 4) is 0 Å². The van der Waals surface area contributed by atoms with Gasteiger partial charge in [0.25, 0.3) is 0 Å². The van der Waals surface area contributed by atoms with Gasteiger partial charge in [-0.05, 0) is 6.92 Å². The van der Waals surface area contributed by atoms with Crippen LogP contribution in [0.2, 0.25) is 0 Å². The van der Waals surface area contributed by atoms with E-state index in [1.165, 1.54) is 7.11 Å². The minimum atomic E-state index is -0.569. The molecule has 1 aliphatic rings. The number of hydrogen-bond donors (Lipinski definition) is 1. The Kier molecular flexibility index (Phi) is 6.34. The number of esters is 1. The first kappa shape index (κ1) is 17.1. The lowest BCUT2D eigenvalue weighted by molar-refractivity contribution is -0.909. The molecule has 0 amide bonds. The van der Waals surface area contributed by atoms with Crippen molar-refractivity contribution < 1.29 is 47.8 Å². The Bertz CT molecular complexity index is 272. The predicted molar refractivity (Wildman–Crippen MR) is 58.8 cm³/mol. The Labute approximate surface area is 120 Å². The fraction of sp³-hybridized carbons (Fsp3) is 0.909. The predicted octanol–water partition coefficient (Wildman–Crippen LogP) is -3.22. The van der Waals surface area contributed by atoms with E-state index in [1.54, 1.807) is 0 Å². The van der Waals surface area contributed by atoms with Crippen molar-refractivity contribution in [1.82, 2.24) is 0 Å². The van der Waals surface area contributed by atoms with Gasteiger partial charge in [0.2, 0.25) is 0 Å². The number of aliphatic hydroxyl groups excluding tert-OH is 1. The molecular formula is C11H22INO4. The molecule has 0 aromatic carbocycles. The fourth-order valence-corrected chi connectivity index (χ4v) is 2.46. The van der Waals surface area contributed by atoms with Crippen molar-refractivity contribution in [3.63, 3.8) is 0 Å². The number of ether oxygens (including phenoxy) is 2. The van der Waals surface area contributed by atoms with Gasteiger partial charge in [-0.15, -0.1) is 0 Å². The number of aliphatic hydroxyl groups is 1. The third kappa shape index (κ3) is 5.07. The zero-order chi connectivity index (χ0) is 12.4. The van der Waals surface area contributed by atoms with E-state index >= 15 is 0 Å². The summed E-state index contributed by atoms with van der Waals surface area (Å²) >= 11 is 0. The van der Waals surface area contributed by atoms with E-state index in [4.69, 9.17) is 4.74 Å². The van der Waals surface area contributed by atoms with Crippen molar-refractivity contribution in [2.45, 2.75) is 25.0 Å². The highest BCUT2D eigenvalue weighted by Crippen LogP contribution is 2.25. The molecule has 0 unspecified atom stereocenters. The molecule has 1 heterocycles. The summed E-state index contributed by atoms with van der Waals surface area (Å²) in [6.45, 7) is 3.33. The van der Waals surface area contributed by atoms with E-state index in [9.17, 15) is 9.90 Å². The van der Waals surface area contributed by atoms with Crippen LogP contribution in [-0.2, 0) is 14.3 Å². The number of likely N-dealkylation sites (N-methyl/N-ethyl adjacent to an activating group) is 1. The smallest absolute Gasteiger partial charge is 0.308 e. The van der Waals surface area contributed by atoms with Crippen molar-refractivity contribution in [3.05, 3.63) is 0 Å². The summed E-state index contributed by atoms with van der Waals surface area (Å²) in [5.74, 6) is -0.271. The first-order valence-corrected chi connectivity index (χ1v) is 5.48. The molecule has 1 fully saturated rings. The second kappa shape index (κ2) is 6.31. The lowest BCUT2D eigenvalue weighted by Crippen LogP contribution is -3.00. The maximum Gasteiger partial charge on any atom is 0.308 e. The molecule has 1 saturated heterocycles. The molecule has 5 nitrogen and oxygen atoms in total. The first-order valence-electron chi connectivity index (χ1n) is 5.48. The van der Waals surface area contributed by atoms with E-state index in [1.807, 2.05) is 6.92 Å². The Balaban J connectivity index is 0.00000256. The van der Waals surface area contributed by atoms with Crippen LogP contribution >= 0.6 is 0 Å². The highest BCUT2D eigenvalue weighted by Gasteiger charge is 2.43. The van der Waals surface area contributed by atoms with Crippen LogP contribution in [0.3, 0.4) is 0 Å². The van der Waals surface area contributed by atoms with Gasteiger partial charge in [-0.25, -0.2) is 0 Å². The summed E-state index contributed by atoms with van der Waals surface area (Å²) in [4.78, 5) is 11.2. The molecule has 0 aromatic heterocycles. The average Bonchev–Trinajstić information content (AvgIpc) is 2.14. The Hall–Kier alpha value is 0.0800. The number of hydrogen-bond acceptors (Lipinski definition) is 4. The zero-order valence-corrected chi connectivity index (χ0v) is 13.1. The van der Waals surface area contributed by atoms with E-state index in [-0.39, 0.29) is 49.1 Å². The molecular weight excluding hydrogens is 337 g/mol. The molecule has 0 radical (unpaired) electrons. The molecule has 102 valence electrons. The molecule has 17 heavy (non-hydrogen) atoms. The van der Waals surface area contributed by atoms with Gasteiger partial charge in [-0.3, -0.25) is 4.79 Å². The minimum Gasteiger partial charge on any atom is -1.00 e. The number of methoxy groups -OCH3 is 1. The number of quaternary nitrogens is 1. The second-order valence-electron chi connectivity index (χ2n) is 5.40. The number of nitrogens with zero attached hydrogens (tertiary/aromatic N) is 1. The lowest BCUT2D eigenvalue weighted by Gasteiger charge is -2.46. The topological polar surface area (TPSA) is 55.8 Å². The summed E-state index contributed by atoms with van der Waals surface area (Å²) in [7, 11) is 5.51. The van der Waals surface area contributed by atoms with Crippen molar-refractivity contribution in [2.24, 2.45) is 0 Å². The molecule has 0 aromatic rings. The van der Waals surface area contributed by atoms with E-state index in [0.29, 0.717) is 0 Å². The summed E-state index contributed by atoms with van der Waals surface area (Å²) in [6, 6.07) is 0. The van der Waals surface area contributed by atoms with Gasteiger partial charge in [0.1, 0.15) is 24.8 Å². The van der Waals surface area contributed by atoms with Crippen LogP contribution < -0.4 is 24.0 Å². The maximum absolute atomic E-state index is 11.2. The van der Waals surface area contributed by atoms with Crippen LogP contribution in [0.15, 0.2) is 0 Å². The first-order chi connectivity index (χ1) is 7.30. The largest absolute Gasteiger partial charge is 1.00 e. The van der Waals surface area contributed by atoms with E-state index in [2.05, 4.69) is 18.8 Å². The van der Waals surface area contributed by atoms with Gasteiger partial charge < -0.3 is 43.0 Å². The van der Waals surface area contributed by atoms with E-state index < -0.39 is 5.60 Å². The summed E-state index contributed by atoms with van der Waals surface area (Å²) in [6.07, 6.45) is 0.0571. The fourth-order valence-electron chi connectivity index (χ4n) is 2.46. The number of morpholine rings is 1. The number of rotatable bonds is 3. The van der Waals surface area contributed by atoms with Crippen molar-refractivity contribution >= 4 is 5.97 Å². The third-order valence-corrected chi connectivity index (χ3v) is 2.87. The Morgan fingerprint density at radius 1 is 1.59 bits per heavy atom. The van der Waals surface area contributed by atoms with Gasteiger partial charge in [0, 0.05) is 0 Å². The van der Waals surface area contributed by atoms with E-state index in [0.717, 1.165) is 17.6 Å². The number of halogens is 1. The van der Waals surface area contributed by atoms with Crippen LogP contribution in [0.4, 0.5) is 0 Å². The molecule has 0 saturated carbocycles. The molecule has 0 spiro atoms. The number of carbonyl (C=O) groups excluding carboxylic acids is 1. The van der Waals surface area contributed by atoms with Crippen LogP contribution in [0.5, 0.6) is 0 Å². The highest BCUT2D eigenvalue weighted by atomic mass is 127. The molecule has 6 heteroatoms. The molecule has 1 N–H and O–H groups in total. The van der Waals surface area contributed by atoms with Crippen LogP contribution in [0.1, 0.15) is 13.3 Å². The van der Waals surface area contributed by atoms with Crippen LogP contribution in [0.25, 0.3) is 0 Å². The summed E-state index contributed by atoms with van der Waals surface area (Å²) < 4.78 is 11.1. The van der Waals surface area contributed by atoms with Gasteiger partial charge in [0.05, 0.1) is 34.2 Å². The van der Waals surface area contributed by atoms with Gasteiger partial charge in [-0.2, -0.15) is 0 Å². The Morgan fingerprint density at radius 3 is 2.65 bits per heavy atom. The standard InChI is InChI=1S/C11H22NO4.HI/c1-11(8-13)7-12(2,3)6-9(16-11)5-10(14)15-4;/h9,13H,5-8H2,1-4H3;1H/q+1;/p-1/t9-,11-;/m0./s1. The minimum absolute atomic E-state index is 0. The highest BCUT2D eigenvalue weighted by molar-refractivity contribution is 5.69. The van der Waals surface area contributed by atoms with Crippen LogP contribution in [-0.4, -0.2) is 68.2 Å². The lowest BCUT2D eigenvalue weighted by atomic mass is 10.0. The number of carbonyl (C=O) groups is 1.